The van der Waals surface area contributed by atoms with Gasteiger partial charge in [-0.25, -0.2) is 0 Å². The van der Waals surface area contributed by atoms with E-state index in [1.165, 1.54) is 22.3 Å². The van der Waals surface area contributed by atoms with Crippen LogP contribution in [0.2, 0.25) is 0 Å². The second kappa shape index (κ2) is 9.98. The van der Waals surface area contributed by atoms with Gasteiger partial charge in [-0.15, -0.1) is 0 Å². The Morgan fingerprint density at radius 1 is 0.812 bits per heavy atom. The van der Waals surface area contributed by atoms with Crippen LogP contribution in [0.25, 0.3) is 11.0 Å². The minimum Gasteiger partial charge on any atom is -0.359 e. The molecule has 0 aliphatic rings. The lowest BCUT2D eigenvalue weighted by atomic mass is 10.0. The SMILES string of the molecule is COCOC[C@H](Cc1ccc(C)cc1)n1c(=N)n(Cc2ccc(C)cc2)c2ccccc21. The number of aromatic nitrogens is 2. The van der Waals surface area contributed by atoms with Crippen molar-refractivity contribution in [2.24, 2.45) is 0 Å². The Morgan fingerprint density at radius 3 is 2.03 bits per heavy atom. The molecular weight excluding hydrogens is 398 g/mol. The highest BCUT2D eigenvalue weighted by atomic mass is 16.7. The predicted octanol–water partition coefficient (Wildman–Crippen LogP) is 4.99. The van der Waals surface area contributed by atoms with Crippen LogP contribution in [-0.2, 0) is 22.4 Å². The molecule has 5 heteroatoms. The molecule has 0 saturated carbocycles. The second-order valence-electron chi connectivity index (χ2n) is 8.37. The molecule has 32 heavy (non-hydrogen) atoms. The minimum atomic E-state index is -0.0236. The maximum absolute atomic E-state index is 9.12. The third-order valence-corrected chi connectivity index (χ3v) is 5.85. The maximum Gasteiger partial charge on any atom is 0.203 e. The fraction of sp³-hybridized carbons (Fsp3) is 0.296. The monoisotopic (exact) mass is 429 g/mol. The van der Waals surface area contributed by atoms with Crippen LogP contribution in [0.4, 0.5) is 0 Å². The van der Waals surface area contributed by atoms with Gasteiger partial charge in [0.25, 0.3) is 0 Å². The van der Waals surface area contributed by atoms with Crippen LogP contribution in [0.5, 0.6) is 0 Å². The Bertz CT molecular complexity index is 1220. The molecule has 0 fully saturated rings. The number of para-hydroxylation sites is 2. The van der Waals surface area contributed by atoms with Crippen molar-refractivity contribution in [1.29, 1.82) is 5.41 Å². The van der Waals surface area contributed by atoms with Crippen molar-refractivity contribution >= 4 is 11.0 Å². The first kappa shape index (κ1) is 22.1. The zero-order chi connectivity index (χ0) is 22.5. The lowest BCUT2D eigenvalue weighted by Gasteiger charge is -2.20. The minimum absolute atomic E-state index is 0.0236. The lowest BCUT2D eigenvalue weighted by Crippen LogP contribution is -2.31. The van der Waals surface area contributed by atoms with E-state index in [1.54, 1.807) is 7.11 Å². The smallest absolute Gasteiger partial charge is 0.203 e. The Morgan fingerprint density at radius 2 is 1.41 bits per heavy atom. The first-order valence-electron chi connectivity index (χ1n) is 11.0. The Labute approximate surface area is 189 Å². The van der Waals surface area contributed by atoms with E-state index in [4.69, 9.17) is 14.9 Å². The van der Waals surface area contributed by atoms with Crippen LogP contribution >= 0.6 is 0 Å². The van der Waals surface area contributed by atoms with Crippen molar-refractivity contribution < 1.29 is 9.47 Å². The van der Waals surface area contributed by atoms with Crippen molar-refractivity contribution in [3.8, 4) is 0 Å². The van der Waals surface area contributed by atoms with E-state index in [-0.39, 0.29) is 12.8 Å². The molecule has 0 aliphatic carbocycles. The van der Waals surface area contributed by atoms with Crippen molar-refractivity contribution in [1.82, 2.24) is 9.13 Å². The zero-order valence-corrected chi connectivity index (χ0v) is 19.0. The number of hydrogen-bond acceptors (Lipinski definition) is 3. The number of methoxy groups -OCH3 is 1. The van der Waals surface area contributed by atoms with Gasteiger partial charge in [0, 0.05) is 7.11 Å². The Hall–Kier alpha value is -3.15. The van der Waals surface area contributed by atoms with Gasteiger partial charge in [0.2, 0.25) is 5.62 Å². The average Bonchev–Trinajstić information content (AvgIpc) is 3.07. The number of imidazole rings is 1. The fourth-order valence-corrected chi connectivity index (χ4v) is 4.15. The third-order valence-electron chi connectivity index (χ3n) is 5.85. The quantitative estimate of drug-likeness (QED) is 0.301. The Kier molecular flexibility index (Phi) is 6.88. The van der Waals surface area contributed by atoms with E-state index in [1.807, 2.05) is 12.1 Å². The standard InChI is InChI=1S/C27H31N3O2/c1-20-8-12-22(13-9-20)16-24(18-32-19-31-3)30-26-7-5-4-6-25(26)29(27(30)28)17-23-14-10-21(2)11-15-23/h4-15,24,28H,16-19H2,1-3H3/t24-/m0/s1. The summed E-state index contributed by atoms with van der Waals surface area (Å²) < 4.78 is 15.1. The molecule has 1 heterocycles. The van der Waals surface area contributed by atoms with Gasteiger partial charge in [0.15, 0.2) is 0 Å². The number of ether oxygens (including phenoxy) is 2. The third kappa shape index (κ3) is 4.85. The molecule has 0 unspecified atom stereocenters. The molecule has 1 aromatic heterocycles. The molecule has 0 amide bonds. The van der Waals surface area contributed by atoms with Crippen molar-refractivity contribution in [2.75, 3.05) is 20.5 Å². The van der Waals surface area contributed by atoms with E-state index < -0.39 is 0 Å². The Balaban J connectivity index is 1.76. The van der Waals surface area contributed by atoms with Crippen molar-refractivity contribution in [3.63, 3.8) is 0 Å². The van der Waals surface area contributed by atoms with Gasteiger partial charge in [-0.2, -0.15) is 0 Å². The first-order chi connectivity index (χ1) is 15.6. The van der Waals surface area contributed by atoms with Gasteiger partial charge in [-0.05, 0) is 43.5 Å². The van der Waals surface area contributed by atoms with Gasteiger partial charge in [-0.1, -0.05) is 71.8 Å². The van der Waals surface area contributed by atoms with Gasteiger partial charge in [0.1, 0.15) is 6.79 Å². The lowest BCUT2D eigenvalue weighted by molar-refractivity contribution is -0.0416. The summed E-state index contributed by atoms with van der Waals surface area (Å²) in [5.74, 6) is 0. The number of fused-ring (bicyclic) bond motifs is 1. The molecule has 1 atom stereocenters. The number of nitrogens with zero attached hydrogens (tertiary/aromatic N) is 2. The molecule has 5 nitrogen and oxygen atoms in total. The van der Waals surface area contributed by atoms with E-state index in [0.29, 0.717) is 18.8 Å². The summed E-state index contributed by atoms with van der Waals surface area (Å²) in [5, 5.41) is 9.12. The van der Waals surface area contributed by atoms with Crippen LogP contribution < -0.4 is 5.62 Å². The van der Waals surface area contributed by atoms with Crippen LogP contribution in [0.3, 0.4) is 0 Å². The molecule has 166 valence electrons. The molecule has 1 N–H and O–H groups in total. The van der Waals surface area contributed by atoms with Crippen molar-refractivity contribution in [2.45, 2.75) is 32.9 Å². The largest absolute Gasteiger partial charge is 0.359 e. The molecule has 4 rings (SSSR count). The zero-order valence-electron chi connectivity index (χ0n) is 19.0. The molecular formula is C27H31N3O2. The van der Waals surface area contributed by atoms with E-state index in [2.05, 4.69) is 83.6 Å². The summed E-state index contributed by atoms with van der Waals surface area (Å²) >= 11 is 0. The van der Waals surface area contributed by atoms with Crippen LogP contribution in [0.15, 0.2) is 72.8 Å². The summed E-state index contributed by atoms with van der Waals surface area (Å²) in [5.41, 5.74) is 7.46. The second-order valence-corrected chi connectivity index (χ2v) is 8.37. The van der Waals surface area contributed by atoms with E-state index >= 15 is 0 Å². The number of hydrogen-bond donors (Lipinski definition) is 1. The summed E-state index contributed by atoms with van der Waals surface area (Å²) in [6, 6.07) is 25.3. The normalized spacial score (nSPS) is 12.3. The van der Waals surface area contributed by atoms with Gasteiger partial charge < -0.3 is 18.6 Å². The summed E-state index contributed by atoms with van der Waals surface area (Å²) in [6.45, 7) is 5.55. The summed E-state index contributed by atoms with van der Waals surface area (Å²) in [6.07, 6.45) is 0.777. The average molecular weight is 430 g/mol. The number of nitrogens with one attached hydrogen (secondary N) is 1. The highest BCUT2D eigenvalue weighted by molar-refractivity contribution is 5.76. The van der Waals surface area contributed by atoms with Gasteiger partial charge in [0.05, 0.1) is 30.2 Å². The van der Waals surface area contributed by atoms with Gasteiger partial charge >= 0.3 is 0 Å². The molecule has 4 aromatic rings. The highest BCUT2D eigenvalue weighted by Gasteiger charge is 2.20. The first-order valence-corrected chi connectivity index (χ1v) is 11.0. The van der Waals surface area contributed by atoms with Crippen LogP contribution in [0, 0.1) is 19.3 Å². The molecule has 3 aromatic carbocycles. The highest BCUT2D eigenvalue weighted by Crippen LogP contribution is 2.22. The molecule has 0 aliphatic heterocycles. The predicted molar refractivity (Wildman–Crippen MR) is 128 cm³/mol. The van der Waals surface area contributed by atoms with Crippen molar-refractivity contribution in [3.05, 3.63) is 101 Å². The molecule has 0 bridgehead atoms. The van der Waals surface area contributed by atoms with Crippen LogP contribution in [-0.4, -0.2) is 29.6 Å². The van der Waals surface area contributed by atoms with E-state index in [9.17, 15) is 0 Å². The molecule has 0 saturated heterocycles. The number of benzene rings is 3. The van der Waals surface area contributed by atoms with E-state index in [0.717, 1.165) is 17.5 Å². The molecule has 0 radical (unpaired) electrons. The maximum atomic E-state index is 9.12. The number of aryl methyl sites for hydroxylation is 2. The molecule has 0 spiro atoms. The van der Waals surface area contributed by atoms with Crippen LogP contribution in [0.1, 0.15) is 28.3 Å². The number of rotatable bonds is 9. The van der Waals surface area contributed by atoms with Gasteiger partial charge in [-0.3, -0.25) is 5.41 Å². The topological polar surface area (TPSA) is 52.2 Å². The fourth-order valence-electron chi connectivity index (χ4n) is 4.15. The summed E-state index contributed by atoms with van der Waals surface area (Å²) in [7, 11) is 1.63. The summed E-state index contributed by atoms with van der Waals surface area (Å²) in [4.78, 5) is 0.